The van der Waals surface area contributed by atoms with E-state index >= 15 is 0 Å². The molecule has 3 aromatic carbocycles. The SMILES string of the molecule is O=C(NNC(=S)Nc1ccccc1)c1ccc(N2C(=O)c3ccccc3NC23CCCCC3)cc1. The van der Waals surface area contributed by atoms with Crippen LogP contribution in [0.15, 0.2) is 78.9 Å². The smallest absolute Gasteiger partial charge is 0.269 e. The lowest BCUT2D eigenvalue weighted by atomic mass is 9.84. The van der Waals surface area contributed by atoms with Crippen LogP contribution in [0.5, 0.6) is 0 Å². The number of nitrogens with one attached hydrogen (secondary N) is 4. The summed E-state index contributed by atoms with van der Waals surface area (Å²) >= 11 is 5.24. The average molecular weight is 486 g/mol. The largest absolute Gasteiger partial charge is 0.362 e. The van der Waals surface area contributed by atoms with Crippen LogP contribution in [0.4, 0.5) is 17.1 Å². The number of hydrogen-bond acceptors (Lipinski definition) is 4. The molecule has 0 aromatic heterocycles. The highest BCUT2D eigenvalue weighted by Crippen LogP contribution is 2.42. The number of hydrazine groups is 1. The van der Waals surface area contributed by atoms with Crippen LogP contribution in [0.2, 0.25) is 0 Å². The molecule has 35 heavy (non-hydrogen) atoms. The Bertz CT molecular complexity index is 1240. The zero-order chi connectivity index (χ0) is 24.3. The van der Waals surface area contributed by atoms with Gasteiger partial charge in [-0.2, -0.15) is 0 Å². The summed E-state index contributed by atoms with van der Waals surface area (Å²) in [5.74, 6) is -0.341. The molecule has 2 amide bonds. The van der Waals surface area contributed by atoms with Crippen molar-refractivity contribution < 1.29 is 9.59 Å². The highest BCUT2D eigenvalue weighted by Gasteiger charge is 2.45. The summed E-state index contributed by atoms with van der Waals surface area (Å²) in [6, 6.07) is 24.2. The van der Waals surface area contributed by atoms with Crippen LogP contribution in [0.1, 0.15) is 52.8 Å². The van der Waals surface area contributed by atoms with Crippen LogP contribution in [0, 0.1) is 0 Å². The van der Waals surface area contributed by atoms with Gasteiger partial charge in [0, 0.05) is 22.6 Å². The Morgan fingerprint density at radius 2 is 1.54 bits per heavy atom. The van der Waals surface area contributed by atoms with Crippen LogP contribution in [0.25, 0.3) is 0 Å². The molecule has 2 aliphatic rings. The third-order valence-corrected chi connectivity index (χ3v) is 6.75. The normalized spacial score (nSPS) is 16.1. The van der Waals surface area contributed by atoms with Gasteiger partial charge in [0.25, 0.3) is 11.8 Å². The maximum Gasteiger partial charge on any atom is 0.269 e. The molecule has 8 heteroatoms. The van der Waals surface area contributed by atoms with Gasteiger partial charge < -0.3 is 10.6 Å². The van der Waals surface area contributed by atoms with Crippen molar-refractivity contribution in [3.8, 4) is 0 Å². The number of carbonyl (C=O) groups is 2. The molecule has 4 N–H and O–H groups in total. The Labute approximate surface area is 209 Å². The maximum absolute atomic E-state index is 13.6. The Kier molecular flexibility index (Phi) is 6.37. The maximum atomic E-state index is 13.6. The van der Waals surface area contributed by atoms with E-state index in [0.717, 1.165) is 42.7 Å². The van der Waals surface area contributed by atoms with E-state index in [-0.39, 0.29) is 16.9 Å². The first-order chi connectivity index (χ1) is 17.1. The minimum Gasteiger partial charge on any atom is -0.362 e. The lowest BCUT2D eigenvalue weighted by Crippen LogP contribution is -2.61. The molecule has 0 saturated heterocycles. The van der Waals surface area contributed by atoms with E-state index < -0.39 is 5.66 Å². The van der Waals surface area contributed by atoms with Crippen LogP contribution in [-0.2, 0) is 0 Å². The Hall–Kier alpha value is -3.91. The summed E-state index contributed by atoms with van der Waals surface area (Å²) in [4.78, 5) is 28.2. The van der Waals surface area contributed by atoms with Crippen LogP contribution in [-0.4, -0.2) is 22.6 Å². The van der Waals surface area contributed by atoms with Gasteiger partial charge in [-0.05, 0) is 86.4 Å². The number of benzene rings is 3. The molecular formula is C27H27N5O2S. The number of para-hydroxylation sites is 2. The summed E-state index contributed by atoms with van der Waals surface area (Å²) in [6.45, 7) is 0. The number of anilines is 3. The second-order valence-corrected chi connectivity index (χ2v) is 9.26. The summed E-state index contributed by atoms with van der Waals surface area (Å²) in [5.41, 5.74) is 8.47. The molecule has 7 nitrogen and oxygen atoms in total. The minimum absolute atomic E-state index is 0.0162. The Morgan fingerprint density at radius 1 is 0.857 bits per heavy atom. The van der Waals surface area contributed by atoms with Crippen LogP contribution >= 0.6 is 12.2 Å². The molecule has 1 aliphatic carbocycles. The number of fused-ring (bicyclic) bond motifs is 1. The zero-order valence-corrected chi connectivity index (χ0v) is 20.0. The zero-order valence-electron chi connectivity index (χ0n) is 19.2. The Morgan fingerprint density at radius 3 is 2.29 bits per heavy atom. The number of amides is 2. The van der Waals surface area contributed by atoms with Crippen molar-refractivity contribution in [3.05, 3.63) is 90.0 Å². The molecule has 0 unspecified atom stereocenters. The highest BCUT2D eigenvalue weighted by atomic mass is 32.1. The molecule has 1 aliphatic heterocycles. The van der Waals surface area contributed by atoms with E-state index in [2.05, 4.69) is 21.5 Å². The average Bonchev–Trinajstić information content (AvgIpc) is 2.89. The number of rotatable bonds is 3. The third kappa shape index (κ3) is 4.70. The van der Waals surface area contributed by atoms with Crippen molar-refractivity contribution in [2.45, 2.75) is 37.8 Å². The number of thiocarbonyl (C=S) groups is 1. The van der Waals surface area contributed by atoms with Gasteiger partial charge in [0.2, 0.25) is 0 Å². The van der Waals surface area contributed by atoms with Crippen molar-refractivity contribution >= 4 is 46.2 Å². The molecule has 3 aromatic rings. The van der Waals surface area contributed by atoms with Crippen molar-refractivity contribution in [3.63, 3.8) is 0 Å². The fourth-order valence-electron chi connectivity index (χ4n) is 4.88. The van der Waals surface area contributed by atoms with Crippen molar-refractivity contribution in [1.82, 2.24) is 10.9 Å². The lowest BCUT2D eigenvalue weighted by molar-refractivity contribution is 0.0934. The van der Waals surface area contributed by atoms with Crippen molar-refractivity contribution in [2.75, 3.05) is 15.5 Å². The lowest BCUT2D eigenvalue weighted by Gasteiger charge is -2.50. The van der Waals surface area contributed by atoms with E-state index in [1.807, 2.05) is 71.6 Å². The molecular weight excluding hydrogens is 458 g/mol. The third-order valence-electron chi connectivity index (χ3n) is 6.55. The fraction of sp³-hybridized carbons (Fsp3) is 0.222. The van der Waals surface area contributed by atoms with Gasteiger partial charge in [-0.1, -0.05) is 36.8 Å². The molecule has 1 spiro atoms. The van der Waals surface area contributed by atoms with E-state index in [9.17, 15) is 9.59 Å². The highest BCUT2D eigenvalue weighted by molar-refractivity contribution is 7.80. The van der Waals surface area contributed by atoms with Gasteiger partial charge in [-0.15, -0.1) is 0 Å². The van der Waals surface area contributed by atoms with Crippen molar-refractivity contribution in [1.29, 1.82) is 0 Å². The fourth-order valence-corrected chi connectivity index (χ4v) is 5.05. The predicted octanol–water partition coefficient (Wildman–Crippen LogP) is 5.05. The van der Waals surface area contributed by atoms with E-state index in [0.29, 0.717) is 11.1 Å². The van der Waals surface area contributed by atoms with E-state index in [4.69, 9.17) is 12.2 Å². The predicted molar refractivity (Wildman–Crippen MR) is 142 cm³/mol. The first-order valence-corrected chi connectivity index (χ1v) is 12.2. The van der Waals surface area contributed by atoms with Gasteiger partial charge in [0.05, 0.1) is 5.56 Å². The minimum atomic E-state index is -0.454. The van der Waals surface area contributed by atoms with Gasteiger partial charge in [0.1, 0.15) is 5.66 Å². The summed E-state index contributed by atoms with van der Waals surface area (Å²) in [6.07, 6.45) is 5.04. The van der Waals surface area contributed by atoms with Gasteiger partial charge in [-0.3, -0.25) is 25.3 Å². The standard InChI is InChI=1S/C27H27N5O2S/c33-24(30-31-26(35)28-20-9-3-1-4-10-20)19-13-15-21(16-14-19)32-25(34)22-11-5-6-12-23(22)29-27(32)17-7-2-8-18-27/h1,3-6,9-16,29H,2,7-8,17-18H2,(H,30,33)(H2,28,31,35). The second-order valence-electron chi connectivity index (χ2n) is 8.85. The first-order valence-electron chi connectivity index (χ1n) is 11.8. The number of carbonyl (C=O) groups excluding carboxylic acids is 2. The molecule has 0 radical (unpaired) electrons. The van der Waals surface area contributed by atoms with Gasteiger partial charge in [-0.25, -0.2) is 0 Å². The van der Waals surface area contributed by atoms with Crippen molar-refractivity contribution in [2.24, 2.45) is 0 Å². The Balaban J connectivity index is 1.31. The summed E-state index contributed by atoms with van der Waals surface area (Å²) in [5, 5.41) is 6.96. The van der Waals surface area contributed by atoms with Crippen LogP contribution in [0.3, 0.4) is 0 Å². The molecule has 1 heterocycles. The first kappa shape index (κ1) is 22.9. The molecule has 0 atom stereocenters. The van der Waals surface area contributed by atoms with Gasteiger partial charge in [0.15, 0.2) is 5.11 Å². The molecule has 0 bridgehead atoms. The monoisotopic (exact) mass is 485 g/mol. The number of nitrogens with zero attached hydrogens (tertiary/aromatic N) is 1. The molecule has 178 valence electrons. The quantitative estimate of drug-likeness (QED) is 0.307. The summed E-state index contributed by atoms with van der Waals surface area (Å²) < 4.78 is 0. The van der Waals surface area contributed by atoms with Crippen LogP contribution < -0.4 is 26.4 Å². The second kappa shape index (κ2) is 9.76. The summed E-state index contributed by atoms with van der Waals surface area (Å²) in [7, 11) is 0. The molecule has 1 fully saturated rings. The van der Waals surface area contributed by atoms with E-state index in [1.165, 1.54) is 6.42 Å². The van der Waals surface area contributed by atoms with Gasteiger partial charge >= 0.3 is 0 Å². The number of hydrogen-bond donors (Lipinski definition) is 4. The molecule has 1 saturated carbocycles. The molecule has 5 rings (SSSR count). The topological polar surface area (TPSA) is 85.5 Å². The van der Waals surface area contributed by atoms with E-state index in [1.54, 1.807) is 12.1 Å².